The van der Waals surface area contributed by atoms with Gasteiger partial charge in [0.1, 0.15) is 5.82 Å². The Morgan fingerprint density at radius 2 is 1.91 bits per heavy atom. The van der Waals surface area contributed by atoms with E-state index in [0.717, 1.165) is 48.5 Å². The van der Waals surface area contributed by atoms with Gasteiger partial charge in [0.05, 0.1) is 18.4 Å². The van der Waals surface area contributed by atoms with Crippen molar-refractivity contribution in [2.75, 3.05) is 19.7 Å². The molecule has 1 fully saturated rings. The Morgan fingerprint density at radius 1 is 1.18 bits per heavy atom. The van der Waals surface area contributed by atoms with Gasteiger partial charge in [-0.25, -0.2) is 9.07 Å². The van der Waals surface area contributed by atoms with Crippen LogP contribution in [0.15, 0.2) is 48.5 Å². The summed E-state index contributed by atoms with van der Waals surface area (Å²) in [5.74, 6) is -1.62. The van der Waals surface area contributed by atoms with E-state index in [9.17, 15) is 22.4 Å². The van der Waals surface area contributed by atoms with Gasteiger partial charge in [0.15, 0.2) is 11.4 Å². The molecule has 1 aliphatic rings. The third kappa shape index (κ3) is 5.60. The molecule has 1 N–H and O–H groups in total. The monoisotopic (exact) mass is 477 g/mol. The first-order valence-electron chi connectivity index (χ1n) is 10.7. The van der Waals surface area contributed by atoms with Crippen molar-refractivity contribution in [1.82, 2.24) is 25.2 Å². The van der Waals surface area contributed by atoms with Crippen LogP contribution >= 0.6 is 0 Å². The van der Waals surface area contributed by atoms with Crippen LogP contribution in [0.3, 0.4) is 0 Å². The van der Waals surface area contributed by atoms with E-state index in [4.69, 9.17) is 4.74 Å². The molecule has 0 aliphatic carbocycles. The van der Waals surface area contributed by atoms with Crippen LogP contribution in [0.25, 0.3) is 5.69 Å². The predicted molar refractivity (Wildman–Crippen MR) is 115 cm³/mol. The van der Waals surface area contributed by atoms with Crippen molar-refractivity contribution in [1.29, 1.82) is 0 Å². The number of nitrogens with zero attached hydrogens (tertiary/aromatic N) is 4. The number of halogens is 4. The van der Waals surface area contributed by atoms with Crippen LogP contribution in [-0.4, -0.2) is 51.6 Å². The van der Waals surface area contributed by atoms with Crippen LogP contribution in [0.4, 0.5) is 17.6 Å². The van der Waals surface area contributed by atoms with Crippen LogP contribution in [-0.2, 0) is 24.0 Å². The molecule has 4 rings (SSSR count). The second-order valence-electron chi connectivity index (χ2n) is 8.09. The number of carbonyl (C=O) groups is 1. The maximum atomic E-state index is 13.8. The van der Waals surface area contributed by atoms with Gasteiger partial charge in [-0.3, -0.25) is 9.69 Å². The molecule has 1 amide bonds. The van der Waals surface area contributed by atoms with Gasteiger partial charge in [-0.2, -0.15) is 13.2 Å². The zero-order valence-corrected chi connectivity index (χ0v) is 18.3. The molecule has 1 unspecified atom stereocenters. The van der Waals surface area contributed by atoms with Gasteiger partial charge >= 0.3 is 6.18 Å². The molecule has 1 atom stereocenters. The molecule has 2 aromatic carbocycles. The van der Waals surface area contributed by atoms with Gasteiger partial charge in [-0.05, 0) is 42.3 Å². The standard InChI is InChI=1S/C23H23F4N5O2/c1-15-13-31(9-10-34-15)14-17-4-2-3-16(11-17)12-28-22(33)20-21(23(25,26)27)32(30-29-20)19-7-5-18(24)6-8-19/h2-8,11,15H,9-10,12-14H2,1H3,(H,28,33). The quantitative estimate of drug-likeness (QED) is 0.550. The minimum atomic E-state index is -4.90. The van der Waals surface area contributed by atoms with E-state index < -0.39 is 29.3 Å². The average molecular weight is 477 g/mol. The Balaban J connectivity index is 1.47. The second kappa shape index (κ2) is 9.90. The van der Waals surface area contributed by atoms with E-state index in [-0.39, 0.29) is 18.3 Å². The Hall–Kier alpha value is -3.31. The van der Waals surface area contributed by atoms with Crippen LogP contribution in [0, 0.1) is 5.82 Å². The van der Waals surface area contributed by atoms with E-state index in [1.54, 1.807) is 6.07 Å². The van der Waals surface area contributed by atoms with Gasteiger partial charge in [0.25, 0.3) is 5.91 Å². The number of hydrogen-bond acceptors (Lipinski definition) is 5. The average Bonchev–Trinajstić information content (AvgIpc) is 3.24. The van der Waals surface area contributed by atoms with Gasteiger partial charge < -0.3 is 10.1 Å². The fraction of sp³-hybridized carbons (Fsp3) is 0.348. The number of benzene rings is 2. The first kappa shape index (κ1) is 23.8. The summed E-state index contributed by atoms with van der Waals surface area (Å²) in [7, 11) is 0. The van der Waals surface area contributed by atoms with Crippen molar-refractivity contribution in [3.8, 4) is 5.69 Å². The third-order valence-electron chi connectivity index (χ3n) is 5.40. The number of hydrogen-bond donors (Lipinski definition) is 1. The Labute approximate surface area is 193 Å². The molecule has 34 heavy (non-hydrogen) atoms. The summed E-state index contributed by atoms with van der Waals surface area (Å²) in [5.41, 5.74) is -0.474. The summed E-state index contributed by atoms with van der Waals surface area (Å²) in [5, 5.41) is 9.45. The summed E-state index contributed by atoms with van der Waals surface area (Å²) in [6.07, 6.45) is -4.75. The lowest BCUT2D eigenvalue weighted by Crippen LogP contribution is -2.40. The topological polar surface area (TPSA) is 72.3 Å². The molecule has 1 aromatic heterocycles. The predicted octanol–water partition coefficient (Wildman–Crippen LogP) is 3.58. The highest BCUT2D eigenvalue weighted by Gasteiger charge is 2.42. The smallest absolute Gasteiger partial charge is 0.376 e. The Morgan fingerprint density at radius 3 is 2.62 bits per heavy atom. The fourth-order valence-electron chi connectivity index (χ4n) is 3.85. The van der Waals surface area contributed by atoms with Crippen molar-refractivity contribution in [2.45, 2.75) is 32.3 Å². The summed E-state index contributed by atoms with van der Waals surface area (Å²) in [4.78, 5) is 14.9. The van der Waals surface area contributed by atoms with Crippen LogP contribution in [0.2, 0.25) is 0 Å². The Kier molecular flexibility index (Phi) is 6.94. The minimum Gasteiger partial charge on any atom is -0.376 e. The molecule has 0 radical (unpaired) electrons. The number of alkyl halides is 3. The zero-order chi connectivity index (χ0) is 24.3. The summed E-state index contributed by atoms with van der Waals surface area (Å²) in [6.45, 7) is 5.03. The summed E-state index contributed by atoms with van der Waals surface area (Å²) in [6, 6.07) is 11.7. The van der Waals surface area contributed by atoms with Gasteiger partial charge in [-0.1, -0.05) is 29.5 Å². The molecule has 1 saturated heterocycles. The number of nitrogens with one attached hydrogen (secondary N) is 1. The Bertz CT molecular complexity index is 1150. The zero-order valence-electron chi connectivity index (χ0n) is 18.3. The number of ether oxygens (including phenoxy) is 1. The van der Waals surface area contributed by atoms with Crippen molar-refractivity contribution in [2.24, 2.45) is 0 Å². The molecule has 1 aliphatic heterocycles. The lowest BCUT2D eigenvalue weighted by molar-refractivity contribution is -0.143. The van der Waals surface area contributed by atoms with Crippen molar-refractivity contribution < 1.29 is 27.1 Å². The van der Waals surface area contributed by atoms with Crippen LogP contribution < -0.4 is 5.32 Å². The van der Waals surface area contributed by atoms with E-state index in [1.165, 1.54) is 0 Å². The first-order chi connectivity index (χ1) is 16.2. The first-order valence-corrected chi connectivity index (χ1v) is 10.7. The third-order valence-corrected chi connectivity index (χ3v) is 5.40. The molecular formula is C23H23F4N5O2. The second-order valence-corrected chi connectivity index (χ2v) is 8.09. The number of amides is 1. The molecule has 0 saturated carbocycles. The summed E-state index contributed by atoms with van der Waals surface area (Å²) < 4.78 is 60.5. The molecular weight excluding hydrogens is 454 g/mol. The molecule has 7 nitrogen and oxygen atoms in total. The SMILES string of the molecule is CC1CN(Cc2cccc(CNC(=O)c3nnn(-c4ccc(F)cc4)c3C(F)(F)F)c2)CCO1. The lowest BCUT2D eigenvalue weighted by atomic mass is 10.1. The van der Waals surface area contributed by atoms with E-state index in [1.807, 2.05) is 25.1 Å². The number of carbonyl (C=O) groups excluding carboxylic acids is 1. The van der Waals surface area contributed by atoms with Crippen molar-refractivity contribution >= 4 is 5.91 Å². The molecule has 3 aromatic rings. The van der Waals surface area contributed by atoms with Gasteiger partial charge in [0, 0.05) is 26.2 Å². The molecule has 180 valence electrons. The van der Waals surface area contributed by atoms with E-state index >= 15 is 0 Å². The molecule has 11 heteroatoms. The lowest BCUT2D eigenvalue weighted by Gasteiger charge is -2.31. The van der Waals surface area contributed by atoms with Crippen LogP contribution in [0.5, 0.6) is 0 Å². The molecule has 0 spiro atoms. The van der Waals surface area contributed by atoms with E-state index in [2.05, 4.69) is 20.5 Å². The highest BCUT2D eigenvalue weighted by Crippen LogP contribution is 2.32. The molecule has 2 heterocycles. The van der Waals surface area contributed by atoms with Crippen molar-refractivity contribution in [3.05, 3.63) is 76.9 Å². The highest BCUT2D eigenvalue weighted by atomic mass is 19.4. The van der Waals surface area contributed by atoms with E-state index in [0.29, 0.717) is 17.8 Å². The number of rotatable bonds is 6. The molecule has 0 bridgehead atoms. The van der Waals surface area contributed by atoms with Gasteiger partial charge in [-0.15, -0.1) is 5.10 Å². The number of aromatic nitrogens is 3. The maximum absolute atomic E-state index is 13.8. The number of morpholine rings is 1. The highest BCUT2D eigenvalue weighted by molar-refractivity contribution is 5.93. The largest absolute Gasteiger partial charge is 0.435 e. The summed E-state index contributed by atoms with van der Waals surface area (Å²) >= 11 is 0. The normalized spacial score (nSPS) is 17.0. The van der Waals surface area contributed by atoms with Crippen LogP contribution in [0.1, 0.15) is 34.2 Å². The maximum Gasteiger partial charge on any atom is 0.435 e. The van der Waals surface area contributed by atoms with Gasteiger partial charge in [0.2, 0.25) is 0 Å². The fourth-order valence-corrected chi connectivity index (χ4v) is 3.85. The minimum absolute atomic E-state index is 0.0207. The van der Waals surface area contributed by atoms with Crippen molar-refractivity contribution in [3.63, 3.8) is 0 Å².